The van der Waals surface area contributed by atoms with Crippen molar-refractivity contribution >= 4 is 40.3 Å². The van der Waals surface area contributed by atoms with Gasteiger partial charge in [-0.3, -0.25) is 23.4 Å². The number of nitrogens with one attached hydrogen (secondary N) is 4. The van der Waals surface area contributed by atoms with Crippen molar-refractivity contribution in [2.24, 2.45) is 22.7 Å². The van der Waals surface area contributed by atoms with E-state index in [2.05, 4.69) is 35.1 Å². The Labute approximate surface area is 289 Å². The van der Waals surface area contributed by atoms with Crippen LogP contribution in [0.15, 0.2) is 0 Å². The second-order valence-electron chi connectivity index (χ2n) is 16.9. The van der Waals surface area contributed by atoms with Gasteiger partial charge in [-0.15, -0.1) is 0 Å². The van der Waals surface area contributed by atoms with Crippen molar-refractivity contribution in [2.45, 2.75) is 160 Å². The monoisotopic (exact) mass is 689 g/mol. The summed E-state index contributed by atoms with van der Waals surface area (Å²) in [5, 5.41) is 11.8. The van der Waals surface area contributed by atoms with E-state index in [9.17, 15) is 28.2 Å². The number of Topliss-reactive ketones (excluding diaryl/α,β-unsaturated/α-hetero) is 1. The number of carbonyl (C=O) groups is 5. The molecule has 12 heteroatoms. The molecule has 2 saturated heterocycles. The predicted octanol–water partition coefficient (Wildman–Crippen LogP) is 3.71. The fourth-order valence-corrected chi connectivity index (χ4v) is 10.7. The molecule has 270 valence electrons. The SMILES string of the molecule is CCCC[C@H](NC(=O)[C@@H]1[C@@H]2[C@H](CN1C(=O)[C@@H](NC(=O)NC1(C3CCCCS3=O)CCCCC1)C(C)(C)C)C2(C)C)C(=O)C(=O)NC1CC1. The molecule has 2 aliphatic heterocycles. The number of unbranched alkanes of at least 4 members (excludes halogenated alkanes) is 1. The highest BCUT2D eigenvalue weighted by atomic mass is 32.2. The number of ketones is 1. The molecular formula is C36H59N5O6S. The normalized spacial score (nSPS) is 30.3. The first-order chi connectivity index (χ1) is 22.6. The highest BCUT2D eigenvalue weighted by Crippen LogP contribution is 2.65. The maximum atomic E-state index is 14.5. The lowest BCUT2D eigenvalue weighted by Crippen LogP contribution is -2.65. The van der Waals surface area contributed by atoms with E-state index in [1.165, 1.54) is 0 Å². The van der Waals surface area contributed by atoms with Crippen LogP contribution in [-0.4, -0.2) is 85.9 Å². The number of hydrogen-bond acceptors (Lipinski definition) is 6. The first-order valence-corrected chi connectivity index (χ1v) is 19.9. The van der Waals surface area contributed by atoms with Gasteiger partial charge >= 0.3 is 6.03 Å². The number of amides is 5. The standard InChI is InChI=1S/C36H59N5O6S/c1-7-8-14-24(28(42)31(44)37-22-16-17-22)38-30(43)27-26-23(35(26,5)6)21-41(27)32(45)29(34(2,3)4)39-33(46)40-36(18-11-9-12-19-36)25-15-10-13-20-48(25)47/h22-27,29H,7-21H2,1-6H3,(H,37,44)(H,38,43)(H2,39,40,46)/t23-,24-,25?,26-,27-,29+,48?/m0/s1. The Morgan fingerprint density at radius 1 is 0.938 bits per heavy atom. The number of nitrogens with zero attached hydrogens (tertiary/aromatic N) is 1. The lowest BCUT2D eigenvalue weighted by atomic mass is 9.77. The minimum atomic E-state index is -1.01. The molecule has 4 N–H and O–H groups in total. The van der Waals surface area contributed by atoms with Gasteiger partial charge in [0.05, 0.1) is 16.8 Å². The molecule has 3 aliphatic carbocycles. The second kappa shape index (κ2) is 14.4. The topological polar surface area (TPSA) is 154 Å². The van der Waals surface area contributed by atoms with Crippen LogP contribution < -0.4 is 21.3 Å². The van der Waals surface area contributed by atoms with Crippen LogP contribution in [-0.2, 0) is 30.0 Å². The molecule has 0 spiro atoms. The Morgan fingerprint density at radius 2 is 1.62 bits per heavy atom. The van der Waals surface area contributed by atoms with Crippen LogP contribution >= 0.6 is 0 Å². The Kier molecular flexibility index (Phi) is 11.0. The fraction of sp³-hybridized carbons (Fsp3) is 0.861. The molecule has 3 saturated carbocycles. The molecule has 5 fully saturated rings. The molecule has 11 nitrogen and oxygen atoms in total. The number of hydrogen-bond donors (Lipinski definition) is 4. The van der Waals surface area contributed by atoms with Crippen molar-refractivity contribution in [3.63, 3.8) is 0 Å². The maximum Gasteiger partial charge on any atom is 0.315 e. The smallest absolute Gasteiger partial charge is 0.315 e. The number of urea groups is 1. The van der Waals surface area contributed by atoms with Crippen molar-refractivity contribution < 1.29 is 28.2 Å². The zero-order valence-electron chi connectivity index (χ0n) is 30.0. The van der Waals surface area contributed by atoms with E-state index in [0.717, 1.165) is 70.6 Å². The van der Waals surface area contributed by atoms with Crippen LogP contribution in [0, 0.1) is 22.7 Å². The highest BCUT2D eigenvalue weighted by Gasteiger charge is 2.70. The van der Waals surface area contributed by atoms with E-state index in [4.69, 9.17) is 0 Å². The summed E-state index contributed by atoms with van der Waals surface area (Å²) in [6, 6.07) is -3.12. The summed E-state index contributed by atoms with van der Waals surface area (Å²) in [5.74, 6) is -1.39. The Morgan fingerprint density at radius 3 is 2.23 bits per heavy atom. The van der Waals surface area contributed by atoms with Crippen molar-refractivity contribution in [3.8, 4) is 0 Å². The van der Waals surface area contributed by atoms with Crippen molar-refractivity contribution in [1.29, 1.82) is 0 Å². The molecule has 0 aromatic carbocycles. The minimum absolute atomic E-state index is 0.0248. The van der Waals surface area contributed by atoms with Crippen LogP contribution in [0.1, 0.15) is 125 Å². The van der Waals surface area contributed by atoms with Gasteiger partial charge in [-0.05, 0) is 67.6 Å². The lowest BCUT2D eigenvalue weighted by Gasteiger charge is -2.45. The van der Waals surface area contributed by atoms with Crippen molar-refractivity contribution in [2.75, 3.05) is 12.3 Å². The third-order valence-corrected chi connectivity index (χ3v) is 13.9. The molecule has 7 atom stereocenters. The zero-order valence-corrected chi connectivity index (χ0v) is 30.8. The van der Waals surface area contributed by atoms with Crippen LogP contribution in [0.3, 0.4) is 0 Å². The van der Waals surface area contributed by atoms with Crippen LogP contribution in [0.4, 0.5) is 4.79 Å². The molecule has 5 aliphatic rings. The summed E-state index contributed by atoms with van der Waals surface area (Å²) in [6.07, 6.45) is 10.8. The van der Waals surface area contributed by atoms with E-state index < -0.39 is 63.5 Å². The van der Waals surface area contributed by atoms with Gasteiger partial charge in [0.1, 0.15) is 12.1 Å². The quantitative estimate of drug-likeness (QED) is 0.229. The maximum absolute atomic E-state index is 14.5. The average molecular weight is 690 g/mol. The summed E-state index contributed by atoms with van der Waals surface area (Å²) in [5.41, 5.74) is -1.39. The summed E-state index contributed by atoms with van der Waals surface area (Å²) in [4.78, 5) is 70.0. The summed E-state index contributed by atoms with van der Waals surface area (Å²) >= 11 is 0. The Bertz CT molecular complexity index is 1290. The van der Waals surface area contributed by atoms with Gasteiger partial charge in [-0.1, -0.05) is 80.1 Å². The molecule has 0 bridgehead atoms. The molecule has 5 rings (SSSR count). The van der Waals surface area contributed by atoms with Gasteiger partial charge < -0.3 is 26.2 Å². The highest BCUT2D eigenvalue weighted by molar-refractivity contribution is 7.85. The molecule has 5 amide bonds. The molecular weight excluding hydrogens is 630 g/mol. The van der Waals surface area contributed by atoms with Crippen LogP contribution in [0.5, 0.6) is 0 Å². The van der Waals surface area contributed by atoms with Gasteiger partial charge in [-0.25, -0.2) is 4.79 Å². The zero-order chi connectivity index (χ0) is 35.0. The largest absolute Gasteiger partial charge is 0.347 e. The third kappa shape index (κ3) is 7.78. The third-order valence-electron chi connectivity index (χ3n) is 11.9. The van der Waals surface area contributed by atoms with E-state index in [-0.39, 0.29) is 34.4 Å². The first kappa shape index (κ1) is 36.8. The first-order valence-electron chi connectivity index (χ1n) is 18.5. The molecule has 0 aromatic rings. The van der Waals surface area contributed by atoms with Gasteiger partial charge in [0, 0.05) is 29.1 Å². The van der Waals surface area contributed by atoms with Gasteiger partial charge in [0.15, 0.2) is 0 Å². The Hall–Kier alpha value is -2.50. The molecule has 0 radical (unpaired) electrons. The van der Waals surface area contributed by atoms with Gasteiger partial charge in [0.2, 0.25) is 17.6 Å². The van der Waals surface area contributed by atoms with Crippen molar-refractivity contribution in [1.82, 2.24) is 26.2 Å². The molecule has 48 heavy (non-hydrogen) atoms. The number of rotatable bonds is 12. The van der Waals surface area contributed by atoms with E-state index in [1.54, 1.807) is 4.90 Å². The molecule has 0 aromatic heterocycles. The van der Waals surface area contributed by atoms with Crippen LogP contribution in [0.25, 0.3) is 0 Å². The van der Waals surface area contributed by atoms with Crippen molar-refractivity contribution in [3.05, 3.63) is 0 Å². The lowest BCUT2D eigenvalue weighted by molar-refractivity contribution is -0.145. The van der Waals surface area contributed by atoms with Gasteiger partial charge in [-0.2, -0.15) is 0 Å². The van der Waals surface area contributed by atoms with E-state index >= 15 is 0 Å². The average Bonchev–Trinajstić information content (AvgIpc) is 3.88. The minimum Gasteiger partial charge on any atom is -0.347 e. The number of piperidine rings is 1. The number of fused-ring (bicyclic) bond motifs is 1. The summed E-state index contributed by atoms with van der Waals surface area (Å²) < 4.78 is 13.2. The number of likely N-dealkylation sites (tertiary alicyclic amines) is 1. The summed E-state index contributed by atoms with van der Waals surface area (Å²) in [7, 11) is -1.01. The number of carbonyl (C=O) groups excluding carboxylic acids is 5. The van der Waals surface area contributed by atoms with E-state index in [0.29, 0.717) is 25.1 Å². The molecule has 2 unspecified atom stereocenters. The van der Waals surface area contributed by atoms with Crippen LogP contribution in [0.2, 0.25) is 0 Å². The summed E-state index contributed by atoms with van der Waals surface area (Å²) in [6.45, 7) is 12.3. The Balaban J connectivity index is 1.33. The fourth-order valence-electron chi connectivity index (χ4n) is 8.68. The van der Waals surface area contributed by atoms with Gasteiger partial charge in [0.25, 0.3) is 5.91 Å². The second-order valence-corrected chi connectivity index (χ2v) is 18.6. The molecule has 2 heterocycles. The van der Waals surface area contributed by atoms with E-state index in [1.807, 2.05) is 27.7 Å². The predicted molar refractivity (Wildman–Crippen MR) is 185 cm³/mol.